The van der Waals surface area contributed by atoms with Crippen molar-refractivity contribution >= 4 is 11.9 Å². The van der Waals surface area contributed by atoms with Crippen LogP contribution in [-0.4, -0.2) is 42.8 Å². The Morgan fingerprint density at radius 2 is 1.92 bits per heavy atom. The molecule has 0 aromatic heterocycles. The van der Waals surface area contributed by atoms with Crippen LogP contribution in [-0.2, 0) is 19.0 Å². The molecule has 1 N–H and O–H groups in total. The first-order valence-electron chi connectivity index (χ1n) is 8.81. The minimum Gasteiger partial charge on any atom is -0.450 e. The lowest BCUT2D eigenvalue weighted by atomic mass is 10.0. The molecule has 0 saturated carbocycles. The molecule has 0 unspecified atom stereocenters. The van der Waals surface area contributed by atoms with E-state index in [2.05, 4.69) is 28.9 Å². The number of rotatable bonds is 8. The summed E-state index contributed by atoms with van der Waals surface area (Å²) in [5, 5.41) is 12.8. The number of oxime groups is 1. The van der Waals surface area contributed by atoms with Crippen LogP contribution in [0.25, 0.3) is 0 Å². The van der Waals surface area contributed by atoms with Gasteiger partial charge in [-0.05, 0) is 38.7 Å². The fourth-order valence-electron chi connectivity index (χ4n) is 2.60. The fourth-order valence-corrected chi connectivity index (χ4v) is 2.60. The molecule has 1 heterocycles. The van der Waals surface area contributed by atoms with E-state index >= 15 is 0 Å². The van der Waals surface area contributed by atoms with Gasteiger partial charge in [0, 0.05) is 12.8 Å². The van der Waals surface area contributed by atoms with Crippen LogP contribution in [0, 0.1) is 12.8 Å². The van der Waals surface area contributed by atoms with Crippen LogP contribution >= 0.6 is 0 Å². The third-order valence-corrected chi connectivity index (χ3v) is 4.20. The Morgan fingerprint density at radius 3 is 2.54 bits per heavy atom. The maximum Gasteiger partial charge on any atom is 0.510 e. The molecule has 0 atom stereocenters. The zero-order chi connectivity index (χ0) is 19.0. The summed E-state index contributed by atoms with van der Waals surface area (Å²) in [7, 11) is 0. The molecule has 0 bridgehead atoms. The van der Waals surface area contributed by atoms with E-state index in [-0.39, 0.29) is 5.92 Å². The number of hydrogen-bond donors (Lipinski definition) is 1. The summed E-state index contributed by atoms with van der Waals surface area (Å²) < 4.78 is 15.3. The van der Waals surface area contributed by atoms with Gasteiger partial charge in [-0.15, -0.1) is 0 Å². The minimum absolute atomic E-state index is 0.221. The van der Waals surface area contributed by atoms with Gasteiger partial charge < -0.3 is 24.2 Å². The second kappa shape index (κ2) is 9.54. The summed E-state index contributed by atoms with van der Waals surface area (Å²) in [5.41, 5.74) is 3.13. The lowest BCUT2D eigenvalue weighted by Gasteiger charge is -2.35. The standard InChI is InChI=1S/C19H27NO6/c1-14-7-9-17(10-8-14)15(2)20-25-11-5-4-6-16-12-23-19(3,24-13-16)26-18(21)22/h7-10,16H,4-6,11-13H2,1-3H3,(H,21,22). The third kappa shape index (κ3) is 6.65. The van der Waals surface area contributed by atoms with Crippen LogP contribution in [0.2, 0.25) is 0 Å². The van der Waals surface area contributed by atoms with Gasteiger partial charge in [-0.1, -0.05) is 35.0 Å². The second-order valence-corrected chi connectivity index (χ2v) is 6.59. The van der Waals surface area contributed by atoms with Gasteiger partial charge in [0.15, 0.2) is 0 Å². The van der Waals surface area contributed by atoms with Crippen molar-refractivity contribution in [3.05, 3.63) is 35.4 Å². The van der Waals surface area contributed by atoms with Gasteiger partial charge in [-0.2, -0.15) is 0 Å². The van der Waals surface area contributed by atoms with Crippen LogP contribution < -0.4 is 0 Å². The van der Waals surface area contributed by atoms with E-state index in [1.54, 1.807) is 0 Å². The number of aryl methyl sites for hydroxylation is 1. The van der Waals surface area contributed by atoms with Crippen molar-refractivity contribution in [1.29, 1.82) is 0 Å². The monoisotopic (exact) mass is 365 g/mol. The van der Waals surface area contributed by atoms with E-state index < -0.39 is 12.1 Å². The molecule has 1 aliphatic heterocycles. The number of carboxylic acid groups (broad SMARTS) is 1. The number of benzene rings is 1. The Balaban J connectivity index is 1.59. The average Bonchev–Trinajstić information content (AvgIpc) is 2.59. The van der Waals surface area contributed by atoms with E-state index in [9.17, 15) is 4.79 Å². The van der Waals surface area contributed by atoms with Gasteiger partial charge in [-0.3, -0.25) is 0 Å². The Bertz CT molecular complexity index is 605. The lowest BCUT2D eigenvalue weighted by Crippen LogP contribution is -2.45. The molecule has 1 saturated heterocycles. The molecule has 0 aliphatic carbocycles. The van der Waals surface area contributed by atoms with Crippen molar-refractivity contribution in [2.75, 3.05) is 19.8 Å². The largest absolute Gasteiger partial charge is 0.510 e. The molecule has 1 aromatic carbocycles. The highest BCUT2D eigenvalue weighted by Gasteiger charge is 2.36. The summed E-state index contributed by atoms with van der Waals surface area (Å²) in [6, 6.07) is 8.16. The van der Waals surface area contributed by atoms with E-state index in [1.165, 1.54) is 12.5 Å². The van der Waals surface area contributed by atoms with Gasteiger partial charge in [0.25, 0.3) is 0 Å². The lowest BCUT2D eigenvalue weighted by molar-refractivity contribution is -0.379. The Hall–Kier alpha value is -2.12. The van der Waals surface area contributed by atoms with Crippen molar-refractivity contribution in [2.45, 2.75) is 46.0 Å². The molecule has 7 nitrogen and oxygen atoms in total. The number of nitrogens with zero attached hydrogens (tertiary/aromatic N) is 1. The molecule has 1 fully saturated rings. The highest BCUT2D eigenvalue weighted by atomic mass is 16.9. The summed E-state index contributed by atoms with van der Waals surface area (Å²) in [5.74, 6) is -1.27. The molecular formula is C19H27NO6. The van der Waals surface area contributed by atoms with Gasteiger partial charge in [0.1, 0.15) is 6.61 Å². The first-order chi connectivity index (χ1) is 12.4. The maximum atomic E-state index is 10.6. The highest BCUT2D eigenvalue weighted by Crippen LogP contribution is 2.25. The molecule has 7 heteroatoms. The normalized spacial score (nSPS) is 23.5. The van der Waals surface area contributed by atoms with Gasteiger partial charge in [0.05, 0.1) is 18.9 Å². The molecule has 1 aromatic rings. The Kier molecular flexibility index (Phi) is 7.41. The summed E-state index contributed by atoms with van der Waals surface area (Å²) >= 11 is 0. The molecule has 26 heavy (non-hydrogen) atoms. The molecule has 0 amide bonds. The van der Waals surface area contributed by atoms with E-state index in [0.717, 1.165) is 30.5 Å². The number of ether oxygens (including phenoxy) is 3. The van der Waals surface area contributed by atoms with Crippen molar-refractivity contribution in [3.63, 3.8) is 0 Å². The van der Waals surface area contributed by atoms with E-state index in [4.69, 9.17) is 19.4 Å². The van der Waals surface area contributed by atoms with Gasteiger partial charge >= 0.3 is 12.1 Å². The fraction of sp³-hybridized carbons (Fsp3) is 0.579. The minimum atomic E-state index is -1.49. The molecular weight excluding hydrogens is 338 g/mol. The van der Waals surface area contributed by atoms with Crippen LogP contribution in [0.3, 0.4) is 0 Å². The van der Waals surface area contributed by atoms with Crippen LogP contribution in [0.5, 0.6) is 0 Å². The van der Waals surface area contributed by atoms with Crippen molar-refractivity contribution in [2.24, 2.45) is 11.1 Å². The molecule has 0 radical (unpaired) electrons. The van der Waals surface area contributed by atoms with Crippen LogP contribution in [0.1, 0.15) is 44.2 Å². The maximum absolute atomic E-state index is 10.6. The Morgan fingerprint density at radius 1 is 1.27 bits per heavy atom. The van der Waals surface area contributed by atoms with Crippen LogP contribution in [0.15, 0.2) is 29.4 Å². The Labute approximate surface area is 153 Å². The van der Waals surface area contributed by atoms with Crippen molar-refractivity contribution in [1.82, 2.24) is 0 Å². The summed E-state index contributed by atoms with van der Waals surface area (Å²) in [6.07, 6.45) is 1.33. The van der Waals surface area contributed by atoms with Gasteiger partial charge in [-0.25, -0.2) is 4.79 Å². The zero-order valence-electron chi connectivity index (χ0n) is 15.6. The number of hydrogen-bond acceptors (Lipinski definition) is 6. The van der Waals surface area contributed by atoms with E-state index in [1.807, 2.05) is 19.1 Å². The average molecular weight is 365 g/mol. The third-order valence-electron chi connectivity index (χ3n) is 4.20. The highest BCUT2D eigenvalue weighted by molar-refractivity contribution is 5.98. The second-order valence-electron chi connectivity index (χ2n) is 6.59. The number of unbranched alkanes of at least 4 members (excludes halogenated alkanes) is 1. The molecule has 1 aliphatic rings. The first-order valence-corrected chi connectivity index (χ1v) is 8.81. The SMILES string of the molecule is CC(=NOCCCCC1COC(C)(OC(=O)O)OC1)c1ccc(C)cc1. The zero-order valence-corrected chi connectivity index (χ0v) is 15.6. The van der Waals surface area contributed by atoms with Crippen molar-refractivity contribution < 1.29 is 28.9 Å². The predicted octanol–water partition coefficient (Wildman–Crippen LogP) is 3.94. The summed E-state index contributed by atoms with van der Waals surface area (Å²) in [4.78, 5) is 16.0. The van der Waals surface area contributed by atoms with Crippen LogP contribution in [0.4, 0.5) is 4.79 Å². The first kappa shape index (κ1) is 20.2. The van der Waals surface area contributed by atoms with E-state index in [0.29, 0.717) is 19.8 Å². The summed E-state index contributed by atoms with van der Waals surface area (Å²) in [6.45, 7) is 6.81. The molecule has 0 spiro atoms. The predicted molar refractivity (Wildman–Crippen MR) is 96.1 cm³/mol. The molecule has 144 valence electrons. The molecule has 2 rings (SSSR count). The topological polar surface area (TPSA) is 86.6 Å². The quantitative estimate of drug-likeness (QED) is 0.325. The number of carbonyl (C=O) groups is 1. The van der Waals surface area contributed by atoms with Gasteiger partial charge in [0.2, 0.25) is 0 Å². The smallest absolute Gasteiger partial charge is 0.450 e. The van der Waals surface area contributed by atoms with Crippen molar-refractivity contribution in [3.8, 4) is 0 Å².